The number of benzene rings is 2. The third-order valence-electron chi connectivity index (χ3n) is 4.86. The van der Waals surface area contributed by atoms with Gasteiger partial charge in [0.15, 0.2) is 11.5 Å². The van der Waals surface area contributed by atoms with Gasteiger partial charge in [0.1, 0.15) is 0 Å². The molecule has 25 heavy (non-hydrogen) atoms. The fraction of sp³-hybridized carbons (Fsp3) is 0.350. The topological polar surface area (TPSA) is 50.8 Å². The van der Waals surface area contributed by atoms with Crippen molar-refractivity contribution in [2.45, 2.75) is 32.4 Å². The van der Waals surface area contributed by atoms with Crippen molar-refractivity contribution in [2.75, 3.05) is 18.2 Å². The number of hydrogen-bond acceptors (Lipinski definition) is 4. The molecule has 2 aliphatic rings. The molecule has 0 saturated carbocycles. The molecule has 2 heterocycles. The Morgan fingerprint density at radius 1 is 1.16 bits per heavy atom. The monoisotopic (exact) mass is 338 g/mol. The normalized spacial score (nSPS) is 17.2. The van der Waals surface area contributed by atoms with Crippen molar-refractivity contribution in [3.63, 3.8) is 0 Å². The molecule has 0 unspecified atom stereocenters. The number of carbonyl (C=O) groups is 1. The van der Waals surface area contributed by atoms with Crippen LogP contribution in [0.1, 0.15) is 36.9 Å². The first-order chi connectivity index (χ1) is 12.2. The number of anilines is 1. The van der Waals surface area contributed by atoms with Crippen molar-refractivity contribution in [1.29, 1.82) is 0 Å². The lowest BCUT2D eigenvalue weighted by Gasteiger charge is -2.18. The Balaban J connectivity index is 1.41. The van der Waals surface area contributed by atoms with E-state index in [1.165, 1.54) is 5.56 Å². The molecule has 2 aromatic rings. The van der Waals surface area contributed by atoms with Gasteiger partial charge in [-0.25, -0.2) is 0 Å². The lowest BCUT2D eigenvalue weighted by molar-refractivity contribution is -0.117. The number of hydrogen-bond donors (Lipinski definition) is 1. The van der Waals surface area contributed by atoms with E-state index in [1.54, 1.807) is 0 Å². The van der Waals surface area contributed by atoms with Crippen molar-refractivity contribution in [2.24, 2.45) is 0 Å². The largest absolute Gasteiger partial charge is 0.454 e. The Morgan fingerprint density at radius 2 is 2.00 bits per heavy atom. The lowest BCUT2D eigenvalue weighted by atomic mass is 10.1. The van der Waals surface area contributed by atoms with E-state index in [2.05, 4.69) is 30.4 Å². The minimum Gasteiger partial charge on any atom is -0.454 e. The molecule has 0 spiro atoms. The lowest BCUT2D eigenvalue weighted by Crippen LogP contribution is -2.23. The van der Waals surface area contributed by atoms with Gasteiger partial charge in [-0.2, -0.15) is 0 Å². The van der Waals surface area contributed by atoms with Crippen LogP contribution in [0.15, 0.2) is 42.5 Å². The second-order valence-electron chi connectivity index (χ2n) is 6.49. The third kappa shape index (κ3) is 3.20. The van der Waals surface area contributed by atoms with Crippen LogP contribution in [-0.4, -0.2) is 19.2 Å². The maximum atomic E-state index is 11.8. The van der Waals surface area contributed by atoms with E-state index in [-0.39, 0.29) is 11.9 Å². The zero-order valence-corrected chi connectivity index (χ0v) is 14.3. The summed E-state index contributed by atoms with van der Waals surface area (Å²) in [7, 11) is 0. The van der Waals surface area contributed by atoms with Crippen LogP contribution in [0.5, 0.6) is 11.5 Å². The highest BCUT2D eigenvalue weighted by atomic mass is 16.7. The van der Waals surface area contributed by atoms with Crippen LogP contribution in [0.25, 0.3) is 0 Å². The first-order valence-corrected chi connectivity index (χ1v) is 8.73. The highest BCUT2D eigenvalue weighted by molar-refractivity contribution is 5.95. The molecule has 0 aliphatic carbocycles. The highest BCUT2D eigenvalue weighted by Crippen LogP contribution is 2.35. The Labute approximate surface area is 147 Å². The van der Waals surface area contributed by atoms with Gasteiger partial charge in [-0.3, -0.25) is 4.79 Å². The third-order valence-corrected chi connectivity index (χ3v) is 4.86. The van der Waals surface area contributed by atoms with Crippen molar-refractivity contribution in [3.05, 3.63) is 53.6 Å². The first kappa shape index (κ1) is 16.0. The maximum Gasteiger partial charge on any atom is 0.231 e. The SMILES string of the molecule is C[C@H](NCc1cccc2c1OCO2)c1ccc(N2CCCC2=O)cc1. The summed E-state index contributed by atoms with van der Waals surface area (Å²) >= 11 is 0. The Morgan fingerprint density at radius 3 is 2.76 bits per heavy atom. The Hall–Kier alpha value is -2.53. The van der Waals surface area contributed by atoms with Gasteiger partial charge in [-0.15, -0.1) is 0 Å². The number of amides is 1. The summed E-state index contributed by atoms with van der Waals surface area (Å²) in [6.07, 6.45) is 1.61. The van der Waals surface area contributed by atoms with Crippen molar-refractivity contribution in [3.8, 4) is 11.5 Å². The maximum absolute atomic E-state index is 11.8. The van der Waals surface area contributed by atoms with Crippen LogP contribution < -0.4 is 19.7 Å². The van der Waals surface area contributed by atoms with E-state index in [9.17, 15) is 4.79 Å². The van der Waals surface area contributed by atoms with E-state index in [0.29, 0.717) is 19.8 Å². The summed E-state index contributed by atoms with van der Waals surface area (Å²) in [5.74, 6) is 1.87. The van der Waals surface area contributed by atoms with Crippen LogP contribution >= 0.6 is 0 Å². The Bertz CT molecular complexity index is 773. The summed E-state index contributed by atoms with van der Waals surface area (Å²) in [5.41, 5.74) is 3.28. The van der Waals surface area contributed by atoms with Crippen LogP contribution in [0.4, 0.5) is 5.69 Å². The highest BCUT2D eigenvalue weighted by Gasteiger charge is 2.22. The fourth-order valence-electron chi connectivity index (χ4n) is 3.37. The molecule has 2 aliphatic heterocycles. The van der Waals surface area contributed by atoms with Gasteiger partial charge >= 0.3 is 0 Å². The summed E-state index contributed by atoms with van der Waals surface area (Å²) in [6.45, 7) is 3.96. The van der Waals surface area contributed by atoms with Crippen molar-refractivity contribution in [1.82, 2.24) is 5.32 Å². The molecule has 1 amide bonds. The number of rotatable bonds is 5. The summed E-state index contributed by atoms with van der Waals surface area (Å²) in [6, 6.07) is 14.4. The van der Waals surface area contributed by atoms with Gasteiger partial charge < -0.3 is 19.7 Å². The van der Waals surface area contributed by atoms with Crippen LogP contribution in [0.3, 0.4) is 0 Å². The molecule has 5 heteroatoms. The second kappa shape index (κ2) is 6.76. The predicted molar refractivity (Wildman–Crippen MR) is 95.8 cm³/mol. The number of nitrogens with one attached hydrogen (secondary N) is 1. The molecule has 2 aromatic carbocycles. The molecular formula is C20H22N2O3. The molecule has 1 fully saturated rings. The molecule has 1 atom stereocenters. The number of fused-ring (bicyclic) bond motifs is 1. The molecule has 5 nitrogen and oxygen atoms in total. The van der Waals surface area contributed by atoms with Gasteiger partial charge in [0.2, 0.25) is 12.7 Å². The minimum absolute atomic E-state index is 0.196. The van der Waals surface area contributed by atoms with E-state index in [0.717, 1.165) is 35.7 Å². The molecule has 0 bridgehead atoms. The molecule has 1 saturated heterocycles. The van der Waals surface area contributed by atoms with Crippen molar-refractivity contribution >= 4 is 11.6 Å². The number of nitrogens with zero attached hydrogens (tertiary/aromatic N) is 1. The molecule has 0 aromatic heterocycles. The summed E-state index contributed by atoms with van der Waals surface area (Å²) in [4.78, 5) is 13.7. The first-order valence-electron chi connectivity index (χ1n) is 8.73. The van der Waals surface area contributed by atoms with Crippen LogP contribution in [-0.2, 0) is 11.3 Å². The van der Waals surface area contributed by atoms with Crippen LogP contribution in [0.2, 0.25) is 0 Å². The quantitative estimate of drug-likeness (QED) is 0.908. The Kier molecular flexibility index (Phi) is 4.32. The summed E-state index contributed by atoms with van der Waals surface area (Å²) in [5, 5.41) is 3.53. The van der Waals surface area contributed by atoms with E-state index < -0.39 is 0 Å². The zero-order chi connectivity index (χ0) is 17.2. The number of carbonyl (C=O) groups excluding carboxylic acids is 1. The second-order valence-corrected chi connectivity index (χ2v) is 6.49. The summed E-state index contributed by atoms with van der Waals surface area (Å²) < 4.78 is 11.0. The molecule has 0 radical (unpaired) electrons. The average Bonchev–Trinajstić information content (AvgIpc) is 3.28. The smallest absolute Gasteiger partial charge is 0.231 e. The predicted octanol–water partition coefficient (Wildman–Crippen LogP) is 3.39. The number of ether oxygens (including phenoxy) is 2. The van der Waals surface area contributed by atoms with E-state index >= 15 is 0 Å². The van der Waals surface area contributed by atoms with Crippen LogP contribution in [0, 0.1) is 0 Å². The standard InChI is InChI=1S/C20H22N2O3/c1-14(21-12-16-4-2-5-18-20(16)25-13-24-18)15-7-9-17(10-8-15)22-11-3-6-19(22)23/h2,4-5,7-10,14,21H,3,6,11-13H2,1H3/t14-/m0/s1. The molecule has 1 N–H and O–H groups in total. The molecular weight excluding hydrogens is 316 g/mol. The van der Waals surface area contributed by atoms with Crippen molar-refractivity contribution < 1.29 is 14.3 Å². The van der Waals surface area contributed by atoms with Gasteiger partial charge in [0, 0.05) is 36.8 Å². The molecule has 130 valence electrons. The zero-order valence-electron chi connectivity index (χ0n) is 14.3. The fourth-order valence-corrected chi connectivity index (χ4v) is 3.37. The minimum atomic E-state index is 0.196. The van der Waals surface area contributed by atoms with E-state index in [1.807, 2.05) is 29.2 Å². The van der Waals surface area contributed by atoms with E-state index in [4.69, 9.17) is 9.47 Å². The van der Waals surface area contributed by atoms with Gasteiger partial charge in [0.25, 0.3) is 0 Å². The molecule has 4 rings (SSSR count). The van der Waals surface area contributed by atoms with Gasteiger partial charge in [-0.05, 0) is 37.1 Å². The number of para-hydroxylation sites is 1. The average molecular weight is 338 g/mol. The van der Waals surface area contributed by atoms with Gasteiger partial charge in [-0.1, -0.05) is 24.3 Å². The van der Waals surface area contributed by atoms with Gasteiger partial charge in [0.05, 0.1) is 0 Å².